The molecule has 0 aliphatic heterocycles. The largest absolute Gasteiger partial charge is 0.384 e. The number of nitrogen functional groups attached to an aromatic ring is 1. The topological polar surface area (TPSA) is 108 Å². The number of rotatable bonds is 9. The Balaban J connectivity index is 1.93. The molecule has 0 radical (unpaired) electrons. The summed E-state index contributed by atoms with van der Waals surface area (Å²) in [6, 6.07) is 16.8. The maximum absolute atomic E-state index is 13.0. The molecule has 8 nitrogen and oxygen atoms in total. The van der Waals surface area contributed by atoms with E-state index in [0.717, 1.165) is 15.7 Å². The van der Waals surface area contributed by atoms with Crippen molar-refractivity contribution in [3.05, 3.63) is 92.1 Å². The molecule has 0 fully saturated rings. The lowest BCUT2D eigenvalue weighted by Gasteiger charge is -2.16. The Morgan fingerprint density at radius 3 is 2.47 bits per heavy atom. The summed E-state index contributed by atoms with van der Waals surface area (Å²) in [5.41, 5.74) is 7.30. The van der Waals surface area contributed by atoms with Gasteiger partial charge in [0.15, 0.2) is 5.78 Å². The van der Waals surface area contributed by atoms with Crippen molar-refractivity contribution in [2.75, 3.05) is 24.7 Å². The van der Waals surface area contributed by atoms with Crippen LogP contribution in [-0.2, 0) is 17.8 Å². The van der Waals surface area contributed by atoms with Gasteiger partial charge in [0.2, 0.25) is 0 Å². The van der Waals surface area contributed by atoms with Gasteiger partial charge in [-0.05, 0) is 37.1 Å². The van der Waals surface area contributed by atoms with Crippen LogP contribution in [-0.4, -0.2) is 28.6 Å². The molecule has 1 atom stereocenters. The van der Waals surface area contributed by atoms with Crippen molar-refractivity contribution in [3.8, 4) is 0 Å². The molecular weight excluding hydrogens is 408 g/mol. The number of hydrogen-bond acceptors (Lipinski definition) is 6. The first-order valence-corrected chi connectivity index (χ1v) is 10.4. The lowest BCUT2D eigenvalue weighted by Crippen LogP contribution is -2.44. The number of anilines is 2. The molecule has 3 aromatic rings. The fourth-order valence-corrected chi connectivity index (χ4v) is 3.48. The van der Waals surface area contributed by atoms with Crippen LogP contribution in [0.2, 0.25) is 0 Å². The quantitative estimate of drug-likeness (QED) is 0.499. The lowest BCUT2D eigenvalue weighted by molar-refractivity contribution is 0.100. The molecule has 1 unspecified atom stereocenters. The van der Waals surface area contributed by atoms with E-state index < -0.39 is 17.0 Å². The third-order valence-corrected chi connectivity index (χ3v) is 5.41. The average Bonchev–Trinajstić information content (AvgIpc) is 2.81. The zero-order chi connectivity index (χ0) is 23.3. The first kappa shape index (κ1) is 23.0. The van der Waals surface area contributed by atoms with E-state index in [1.54, 1.807) is 14.0 Å². The van der Waals surface area contributed by atoms with Gasteiger partial charge in [-0.1, -0.05) is 42.5 Å². The summed E-state index contributed by atoms with van der Waals surface area (Å²) in [5, 5.41) is 3.04. The molecule has 1 heterocycles. The smallest absolute Gasteiger partial charge is 0.332 e. The molecule has 3 rings (SSSR count). The first-order valence-electron chi connectivity index (χ1n) is 10.4. The van der Waals surface area contributed by atoms with E-state index >= 15 is 0 Å². The molecule has 0 aliphatic rings. The number of nitrogens with one attached hydrogen (secondary N) is 1. The van der Waals surface area contributed by atoms with E-state index in [9.17, 15) is 14.4 Å². The Morgan fingerprint density at radius 2 is 1.81 bits per heavy atom. The zero-order valence-corrected chi connectivity index (χ0v) is 18.5. The zero-order valence-electron chi connectivity index (χ0n) is 18.5. The summed E-state index contributed by atoms with van der Waals surface area (Å²) in [7, 11) is 1.63. The molecule has 0 spiro atoms. The van der Waals surface area contributed by atoms with Crippen LogP contribution in [0, 0.1) is 0 Å². The average molecular weight is 437 g/mol. The summed E-state index contributed by atoms with van der Waals surface area (Å²) in [5.74, 6) is -0.608. The maximum Gasteiger partial charge on any atom is 0.332 e. The van der Waals surface area contributed by atoms with Gasteiger partial charge >= 0.3 is 5.69 Å². The SMILES string of the molecule is CCn1c(=O)c(C(=O)CNc2cccc(C(C)OC)c2)c(N)n(Cc2ccccc2)c1=O. The second-order valence-electron chi connectivity index (χ2n) is 7.44. The van der Waals surface area contributed by atoms with Crippen molar-refractivity contribution in [2.24, 2.45) is 0 Å². The van der Waals surface area contributed by atoms with Gasteiger partial charge in [0.1, 0.15) is 11.4 Å². The second-order valence-corrected chi connectivity index (χ2v) is 7.44. The Hall–Kier alpha value is -3.65. The highest BCUT2D eigenvalue weighted by Crippen LogP contribution is 2.19. The van der Waals surface area contributed by atoms with Crippen LogP contribution in [0.1, 0.15) is 41.4 Å². The van der Waals surface area contributed by atoms with Gasteiger partial charge in [0.25, 0.3) is 5.56 Å². The predicted octanol–water partition coefficient (Wildman–Crippen LogP) is 2.66. The number of ether oxygens (including phenoxy) is 1. The molecule has 2 aromatic carbocycles. The highest BCUT2D eigenvalue weighted by atomic mass is 16.5. The molecule has 0 bridgehead atoms. The summed E-state index contributed by atoms with van der Waals surface area (Å²) < 4.78 is 7.64. The van der Waals surface area contributed by atoms with Gasteiger partial charge in [0.05, 0.1) is 19.2 Å². The standard InChI is InChI=1S/C24H28N4O4/c1-4-27-23(30)21(22(25)28(24(27)31)15-17-9-6-5-7-10-17)20(29)14-26-19-12-8-11-18(13-19)16(2)32-3/h5-13,16,26H,4,14-15,25H2,1-3H3. The Kier molecular flexibility index (Phi) is 7.27. The number of Topliss-reactive ketones (excluding diaryl/α,β-unsaturated/α-hetero) is 1. The predicted molar refractivity (Wildman–Crippen MR) is 125 cm³/mol. The third-order valence-electron chi connectivity index (χ3n) is 5.41. The van der Waals surface area contributed by atoms with Crippen molar-refractivity contribution in [1.29, 1.82) is 0 Å². The number of hydrogen-bond donors (Lipinski definition) is 2. The first-order chi connectivity index (χ1) is 15.4. The van der Waals surface area contributed by atoms with Crippen LogP contribution >= 0.6 is 0 Å². The number of benzene rings is 2. The molecule has 0 saturated heterocycles. The van der Waals surface area contributed by atoms with Gasteiger partial charge in [-0.15, -0.1) is 0 Å². The minimum Gasteiger partial charge on any atom is -0.384 e. The van der Waals surface area contributed by atoms with E-state index in [2.05, 4.69) is 5.32 Å². The Bertz CT molecular complexity index is 1210. The number of nitrogens with zero attached hydrogens (tertiary/aromatic N) is 2. The summed E-state index contributed by atoms with van der Waals surface area (Å²) >= 11 is 0. The fourth-order valence-electron chi connectivity index (χ4n) is 3.48. The minimum atomic E-state index is -0.673. The molecule has 0 saturated carbocycles. The highest BCUT2D eigenvalue weighted by molar-refractivity contribution is 6.02. The highest BCUT2D eigenvalue weighted by Gasteiger charge is 2.22. The molecule has 0 aliphatic carbocycles. The molecule has 8 heteroatoms. The van der Waals surface area contributed by atoms with Gasteiger partial charge in [0, 0.05) is 19.3 Å². The van der Waals surface area contributed by atoms with Gasteiger partial charge in [-0.3, -0.25) is 18.7 Å². The molecule has 0 amide bonds. The molecule has 1 aromatic heterocycles. The molecular formula is C24H28N4O4. The van der Waals surface area contributed by atoms with Crippen molar-refractivity contribution >= 4 is 17.3 Å². The van der Waals surface area contributed by atoms with Crippen molar-refractivity contribution in [3.63, 3.8) is 0 Å². The van der Waals surface area contributed by atoms with Crippen LogP contribution in [0.25, 0.3) is 0 Å². The monoisotopic (exact) mass is 436 g/mol. The summed E-state index contributed by atoms with van der Waals surface area (Å²) in [6.45, 7) is 3.76. The van der Waals surface area contributed by atoms with Gasteiger partial charge < -0.3 is 15.8 Å². The Morgan fingerprint density at radius 1 is 1.09 bits per heavy atom. The number of carbonyl (C=O) groups is 1. The second kappa shape index (κ2) is 10.1. The van der Waals surface area contributed by atoms with Crippen LogP contribution in [0.3, 0.4) is 0 Å². The van der Waals surface area contributed by atoms with Crippen LogP contribution in [0.5, 0.6) is 0 Å². The van der Waals surface area contributed by atoms with Crippen LogP contribution in [0.4, 0.5) is 11.5 Å². The van der Waals surface area contributed by atoms with Crippen LogP contribution < -0.4 is 22.3 Å². The van der Waals surface area contributed by atoms with E-state index in [4.69, 9.17) is 10.5 Å². The van der Waals surface area contributed by atoms with Crippen molar-refractivity contribution in [1.82, 2.24) is 9.13 Å². The molecule has 3 N–H and O–H groups in total. The number of carbonyl (C=O) groups excluding carboxylic acids is 1. The number of ketones is 1. The van der Waals surface area contributed by atoms with Gasteiger partial charge in [-0.2, -0.15) is 0 Å². The van der Waals surface area contributed by atoms with Crippen LogP contribution in [0.15, 0.2) is 64.2 Å². The van der Waals surface area contributed by atoms with E-state index in [0.29, 0.717) is 5.69 Å². The van der Waals surface area contributed by atoms with E-state index in [-0.39, 0.29) is 37.1 Å². The molecule has 32 heavy (non-hydrogen) atoms. The maximum atomic E-state index is 13.0. The summed E-state index contributed by atoms with van der Waals surface area (Å²) in [4.78, 5) is 38.7. The summed E-state index contributed by atoms with van der Waals surface area (Å²) in [6.07, 6.45) is -0.0959. The third kappa shape index (κ3) is 4.81. The van der Waals surface area contributed by atoms with Crippen molar-refractivity contribution in [2.45, 2.75) is 33.0 Å². The van der Waals surface area contributed by atoms with Gasteiger partial charge in [-0.25, -0.2) is 4.79 Å². The number of aromatic nitrogens is 2. The van der Waals surface area contributed by atoms with Crippen molar-refractivity contribution < 1.29 is 9.53 Å². The van der Waals surface area contributed by atoms with E-state index in [1.165, 1.54) is 4.57 Å². The Labute approximate surface area is 186 Å². The number of nitrogens with two attached hydrogens (primary N) is 1. The van der Waals surface area contributed by atoms with E-state index in [1.807, 2.05) is 61.5 Å². The lowest BCUT2D eigenvalue weighted by atomic mass is 10.1. The molecule has 168 valence electrons. The normalized spacial score (nSPS) is 11.8. The number of methoxy groups -OCH3 is 1. The minimum absolute atomic E-state index is 0.0959. The fraction of sp³-hybridized carbons (Fsp3) is 0.292.